The van der Waals surface area contributed by atoms with E-state index in [2.05, 4.69) is 16.0 Å². The Kier molecular flexibility index (Phi) is 5.34. The van der Waals surface area contributed by atoms with Crippen LogP contribution in [0.15, 0.2) is 30.5 Å². The highest BCUT2D eigenvalue weighted by Gasteiger charge is 2.34. The number of imide groups is 1. The Morgan fingerprint density at radius 2 is 1.77 bits per heavy atom. The van der Waals surface area contributed by atoms with E-state index in [0.717, 1.165) is 27.9 Å². The van der Waals surface area contributed by atoms with E-state index in [4.69, 9.17) is 0 Å². The quantitative estimate of drug-likeness (QED) is 0.705. The number of rotatable bonds is 3. The van der Waals surface area contributed by atoms with E-state index < -0.39 is 17.8 Å². The number of likely N-dealkylation sites (N-methyl/N-ethyl adjacent to an activating group) is 1. The number of hydrogen-bond acceptors (Lipinski definition) is 5. The van der Waals surface area contributed by atoms with Crippen molar-refractivity contribution in [2.75, 3.05) is 49.6 Å². The summed E-state index contributed by atoms with van der Waals surface area (Å²) in [5.74, 6) is -0.557. The van der Waals surface area contributed by atoms with Gasteiger partial charge >= 0.3 is 6.03 Å². The number of benzene rings is 1. The summed E-state index contributed by atoms with van der Waals surface area (Å²) in [4.78, 5) is 47.1. The number of nitrogens with zero attached hydrogens (tertiary/aromatic N) is 5. The minimum absolute atomic E-state index is 0.0480. The van der Waals surface area contributed by atoms with Crippen LogP contribution >= 0.6 is 0 Å². The lowest BCUT2D eigenvalue weighted by Gasteiger charge is -2.36. The number of anilines is 2. The van der Waals surface area contributed by atoms with Gasteiger partial charge in [-0.05, 0) is 43.2 Å². The van der Waals surface area contributed by atoms with Gasteiger partial charge in [-0.3, -0.25) is 19.4 Å². The summed E-state index contributed by atoms with van der Waals surface area (Å²) >= 11 is 0. The second-order valence-corrected chi connectivity index (χ2v) is 7.92. The molecule has 0 radical (unpaired) electrons. The third kappa shape index (κ3) is 3.83. The molecule has 2 fully saturated rings. The maximum Gasteiger partial charge on any atom is 0.331 e. The number of amides is 4. The third-order valence-corrected chi connectivity index (χ3v) is 5.73. The van der Waals surface area contributed by atoms with Crippen molar-refractivity contribution in [3.63, 3.8) is 0 Å². The number of aryl methyl sites for hydroxylation is 2. The molecule has 0 saturated carbocycles. The molecule has 1 aromatic carbocycles. The van der Waals surface area contributed by atoms with Crippen LogP contribution in [0.4, 0.5) is 20.7 Å². The fourth-order valence-corrected chi connectivity index (χ4v) is 3.97. The maximum atomic E-state index is 14.8. The molecule has 9 heteroatoms. The standard InChI is InChI=1S/C22H24FN5O3/c1-14-10-15(2)20(24-12-14)26-6-8-27(9-7-26)21(30)17-5-4-16(11-18(17)23)28-13-19(29)25(3)22(28)31/h4-5,10-12H,6-9,13H2,1-3H3. The molecule has 4 rings (SSSR count). The molecule has 31 heavy (non-hydrogen) atoms. The lowest BCUT2D eigenvalue weighted by molar-refractivity contribution is -0.123. The van der Waals surface area contributed by atoms with Gasteiger partial charge in [0.1, 0.15) is 18.2 Å². The molecule has 4 amide bonds. The molecule has 0 N–H and O–H groups in total. The first-order chi connectivity index (χ1) is 14.8. The number of aromatic nitrogens is 1. The molecule has 8 nitrogen and oxygen atoms in total. The van der Waals surface area contributed by atoms with Crippen molar-refractivity contribution >= 4 is 29.4 Å². The Morgan fingerprint density at radius 3 is 2.35 bits per heavy atom. The van der Waals surface area contributed by atoms with Crippen molar-refractivity contribution in [3.05, 3.63) is 53.0 Å². The van der Waals surface area contributed by atoms with Crippen molar-refractivity contribution in [1.29, 1.82) is 0 Å². The normalized spacial score (nSPS) is 17.0. The molecule has 2 aliphatic rings. The number of carbonyl (C=O) groups excluding carboxylic acids is 3. The molecule has 2 aliphatic heterocycles. The first kappa shape index (κ1) is 20.8. The molecule has 162 valence electrons. The molecule has 3 heterocycles. The van der Waals surface area contributed by atoms with E-state index in [0.29, 0.717) is 26.2 Å². The van der Waals surface area contributed by atoms with Gasteiger partial charge in [-0.15, -0.1) is 0 Å². The van der Waals surface area contributed by atoms with E-state index >= 15 is 0 Å². The van der Waals surface area contributed by atoms with Crippen LogP contribution in [0.3, 0.4) is 0 Å². The van der Waals surface area contributed by atoms with Crippen LogP contribution in [-0.4, -0.2) is 72.4 Å². The number of hydrogen-bond donors (Lipinski definition) is 0. The molecule has 1 aromatic heterocycles. The lowest BCUT2D eigenvalue weighted by Crippen LogP contribution is -2.49. The predicted octanol–water partition coefficient (Wildman–Crippen LogP) is 2.20. The van der Waals surface area contributed by atoms with Crippen LogP contribution in [0.1, 0.15) is 21.5 Å². The highest BCUT2D eigenvalue weighted by Crippen LogP contribution is 2.25. The first-order valence-electron chi connectivity index (χ1n) is 10.1. The number of pyridine rings is 1. The Balaban J connectivity index is 1.44. The fraction of sp³-hybridized carbons (Fsp3) is 0.364. The van der Waals surface area contributed by atoms with E-state index in [-0.39, 0.29) is 23.7 Å². The average molecular weight is 425 g/mol. The largest absolute Gasteiger partial charge is 0.353 e. The van der Waals surface area contributed by atoms with Crippen LogP contribution < -0.4 is 9.80 Å². The SMILES string of the molecule is Cc1cnc(N2CCN(C(=O)c3ccc(N4CC(=O)N(C)C4=O)cc3F)CC2)c(C)c1. The van der Waals surface area contributed by atoms with Crippen LogP contribution in [0.2, 0.25) is 0 Å². The van der Waals surface area contributed by atoms with Crippen molar-refractivity contribution in [3.8, 4) is 0 Å². The summed E-state index contributed by atoms with van der Waals surface area (Å²) < 4.78 is 14.8. The zero-order valence-corrected chi connectivity index (χ0v) is 17.8. The molecular formula is C22H24FN5O3. The van der Waals surface area contributed by atoms with Gasteiger partial charge in [0, 0.05) is 45.1 Å². The van der Waals surface area contributed by atoms with Crippen LogP contribution in [0.25, 0.3) is 0 Å². The summed E-state index contributed by atoms with van der Waals surface area (Å²) in [6.07, 6.45) is 1.83. The smallest absolute Gasteiger partial charge is 0.331 e. The molecule has 0 spiro atoms. The van der Waals surface area contributed by atoms with Gasteiger partial charge in [0.25, 0.3) is 5.91 Å². The van der Waals surface area contributed by atoms with E-state index in [9.17, 15) is 18.8 Å². The maximum absolute atomic E-state index is 14.8. The third-order valence-electron chi connectivity index (χ3n) is 5.73. The number of piperazine rings is 1. The molecule has 2 aromatic rings. The number of urea groups is 1. The summed E-state index contributed by atoms with van der Waals surface area (Å²) in [7, 11) is 1.38. The highest BCUT2D eigenvalue weighted by molar-refractivity contribution is 6.12. The Labute approximate surface area is 179 Å². The Morgan fingerprint density at radius 1 is 1.06 bits per heavy atom. The van der Waals surface area contributed by atoms with E-state index in [1.165, 1.54) is 24.1 Å². The van der Waals surface area contributed by atoms with Gasteiger partial charge in [-0.25, -0.2) is 14.2 Å². The summed E-state index contributed by atoms with van der Waals surface area (Å²) in [6.45, 7) is 6.00. The van der Waals surface area contributed by atoms with Crippen LogP contribution in [0, 0.1) is 19.7 Å². The minimum Gasteiger partial charge on any atom is -0.353 e. The molecular weight excluding hydrogens is 401 g/mol. The van der Waals surface area contributed by atoms with Gasteiger partial charge in [0.15, 0.2) is 0 Å². The van der Waals surface area contributed by atoms with Gasteiger partial charge < -0.3 is 9.80 Å². The zero-order valence-electron chi connectivity index (χ0n) is 17.8. The average Bonchev–Trinajstić information content (AvgIpc) is 3.01. The molecule has 0 bridgehead atoms. The summed E-state index contributed by atoms with van der Waals surface area (Å²) in [5, 5.41) is 0. The zero-order chi connectivity index (χ0) is 22.3. The highest BCUT2D eigenvalue weighted by atomic mass is 19.1. The topological polar surface area (TPSA) is 77.1 Å². The monoisotopic (exact) mass is 425 g/mol. The summed E-state index contributed by atoms with van der Waals surface area (Å²) in [5.41, 5.74) is 2.39. The van der Waals surface area contributed by atoms with Crippen molar-refractivity contribution in [2.24, 2.45) is 0 Å². The van der Waals surface area contributed by atoms with Crippen molar-refractivity contribution in [1.82, 2.24) is 14.8 Å². The second-order valence-electron chi connectivity index (χ2n) is 7.92. The van der Waals surface area contributed by atoms with Gasteiger partial charge in [0.2, 0.25) is 5.91 Å². The molecule has 0 aliphatic carbocycles. The number of carbonyl (C=O) groups is 3. The van der Waals surface area contributed by atoms with Gasteiger partial charge in [0.05, 0.1) is 5.56 Å². The molecule has 0 atom stereocenters. The fourth-order valence-electron chi connectivity index (χ4n) is 3.97. The van der Waals surface area contributed by atoms with Gasteiger partial charge in [-0.2, -0.15) is 0 Å². The Hall–Kier alpha value is -3.49. The second kappa shape index (κ2) is 7.98. The molecule has 2 saturated heterocycles. The molecule has 0 unspecified atom stereocenters. The minimum atomic E-state index is -0.712. The van der Waals surface area contributed by atoms with Crippen molar-refractivity contribution in [2.45, 2.75) is 13.8 Å². The van der Waals surface area contributed by atoms with E-state index in [1.807, 2.05) is 20.0 Å². The Bertz CT molecular complexity index is 1070. The first-order valence-corrected chi connectivity index (χ1v) is 10.1. The van der Waals surface area contributed by atoms with E-state index in [1.54, 1.807) is 4.90 Å². The lowest BCUT2D eigenvalue weighted by atomic mass is 10.1. The van der Waals surface area contributed by atoms with Crippen molar-refractivity contribution < 1.29 is 18.8 Å². The van der Waals surface area contributed by atoms with Crippen LogP contribution in [0.5, 0.6) is 0 Å². The van der Waals surface area contributed by atoms with Gasteiger partial charge in [-0.1, -0.05) is 6.07 Å². The summed E-state index contributed by atoms with van der Waals surface area (Å²) in [6, 6.07) is 5.57. The number of halogens is 1. The van der Waals surface area contributed by atoms with Crippen LogP contribution in [-0.2, 0) is 4.79 Å². The predicted molar refractivity (Wildman–Crippen MR) is 114 cm³/mol.